The van der Waals surface area contributed by atoms with E-state index in [1.807, 2.05) is 0 Å². The Balaban J connectivity index is 1.39. The summed E-state index contributed by atoms with van der Waals surface area (Å²) in [6.45, 7) is 2.28. The topological polar surface area (TPSA) is 147 Å². The van der Waals surface area contributed by atoms with E-state index >= 15 is 8.78 Å². The van der Waals surface area contributed by atoms with Gasteiger partial charge in [-0.2, -0.15) is 19.0 Å². The first-order chi connectivity index (χ1) is 26.6. The molecule has 1 amide bonds. The van der Waals surface area contributed by atoms with Crippen LogP contribution in [0.4, 0.5) is 29.2 Å². The first-order valence-corrected chi connectivity index (χ1v) is 19.7. The summed E-state index contributed by atoms with van der Waals surface area (Å²) in [6, 6.07) is 8.00. The van der Waals surface area contributed by atoms with E-state index in [-0.39, 0.29) is 51.0 Å². The predicted octanol–water partition coefficient (Wildman–Crippen LogP) is 5.25. The number of amides is 1. The second kappa shape index (κ2) is 14.1. The first kappa shape index (κ1) is 39.6. The van der Waals surface area contributed by atoms with Gasteiger partial charge in [0.15, 0.2) is 11.6 Å². The molecule has 3 atom stereocenters. The minimum atomic E-state index is -3.80. The SMILES string of the molecule is CN(C)c1nn(CC(=O)N[C@@H](Cc2cc(F)cc(F)c2)c2nc(C#CC(C)(C)O)ccc2-c2ccc(Cl)c3c(NS(C)(=O)=O)nn(C)c23)c2c1[C@H]1C#C[C@H]1C2(F)F. The van der Waals surface area contributed by atoms with Gasteiger partial charge in [0.1, 0.15) is 41.1 Å². The van der Waals surface area contributed by atoms with Gasteiger partial charge >= 0.3 is 5.92 Å². The summed E-state index contributed by atoms with van der Waals surface area (Å²) < 4.78 is 90.0. The number of nitrogens with one attached hydrogen (secondary N) is 2. The van der Waals surface area contributed by atoms with Crippen LogP contribution in [0, 0.1) is 41.2 Å². The van der Waals surface area contributed by atoms with Crippen molar-refractivity contribution in [2.75, 3.05) is 30.0 Å². The number of anilines is 2. The lowest BCUT2D eigenvalue weighted by Gasteiger charge is -2.25. The number of hydrogen-bond acceptors (Lipinski definition) is 8. The minimum Gasteiger partial charge on any atom is -0.378 e. The van der Waals surface area contributed by atoms with E-state index in [4.69, 9.17) is 16.6 Å². The van der Waals surface area contributed by atoms with Crippen molar-refractivity contribution in [1.29, 1.82) is 0 Å². The van der Waals surface area contributed by atoms with Crippen molar-refractivity contribution in [2.45, 2.75) is 50.3 Å². The molecule has 12 nitrogen and oxygen atoms in total. The molecule has 2 aliphatic carbocycles. The number of pyridine rings is 1. The van der Waals surface area contributed by atoms with Crippen LogP contribution in [0.2, 0.25) is 5.02 Å². The minimum absolute atomic E-state index is 0.0522. The van der Waals surface area contributed by atoms with E-state index in [1.165, 1.54) is 24.6 Å². The van der Waals surface area contributed by atoms with E-state index in [0.29, 0.717) is 22.7 Å². The van der Waals surface area contributed by atoms with Crippen molar-refractivity contribution in [1.82, 2.24) is 29.9 Å². The number of aryl methyl sites for hydroxylation is 1. The van der Waals surface area contributed by atoms with Gasteiger partial charge in [-0.25, -0.2) is 22.2 Å². The molecular weight excluding hydrogens is 788 g/mol. The molecule has 18 heteroatoms. The number of aromatic nitrogens is 5. The molecule has 296 valence electrons. The zero-order chi connectivity index (χ0) is 41.4. The Labute approximate surface area is 330 Å². The highest BCUT2D eigenvalue weighted by molar-refractivity contribution is 7.92. The molecule has 2 aliphatic rings. The van der Waals surface area contributed by atoms with Crippen LogP contribution >= 0.6 is 11.6 Å². The molecule has 7 rings (SSSR count). The quantitative estimate of drug-likeness (QED) is 0.128. The lowest BCUT2D eigenvalue weighted by molar-refractivity contribution is -0.123. The number of alkyl halides is 2. The highest BCUT2D eigenvalue weighted by Gasteiger charge is 2.60. The molecule has 0 bridgehead atoms. The molecule has 0 aliphatic heterocycles. The molecule has 0 radical (unpaired) electrons. The van der Waals surface area contributed by atoms with Crippen molar-refractivity contribution in [3.63, 3.8) is 0 Å². The number of fused-ring (bicyclic) bond motifs is 4. The van der Waals surface area contributed by atoms with E-state index in [1.54, 1.807) is 44.2 Å². The van der Waals surface area contributed by atoms with Crippen LogP contribution in [0.25, 0.3) is 22.0 Å². The zero-order valence-corrected chi connectivity index (χ0v) is 32.9. The number of carbonyl (C=O) groups is 1. The summed E-state index contributed by atoms with van der Waals surface area (Å²) in [6.07, 6.45) is 0.710. The summed E-state index contributed by atoms with van der Waals surface area (Å²) in [5, 5.41) is 22.4. The normalized spacial score (nSPS) is 17.1. The number of carbonyl (C=O) groups excluding carboxylic acids is 1. The molecule has 0 unspecified atom stereocenters. The van der Waals surface area contributed by atoms with E-state index in [2.05, 4.69) is 43.9 Å². The van der Waals surface area contributed by atoms with Crippen molar-refractivity contribution >= 4 is 50.1 Å². The molecule has 3 aromatic heterocycles. The van der Waals surface area contributed by atoms with E-state index in [0.717, 1.165) is 23.1 Å². The third-order valence-corrected chi connectivity index (χ3v) is 10.3. The zero-order valence-electron chi connectivity index (χ0n) is 31.3. The number of halogens is 5. The van der Waals surface area contributed by atoms with Crippen LogP contribution in [0.5, 0.6) is 0 Å². The van der Waals surface area contributed by atoms with Crippen molar-refractivity contribution in [2.24, 2.45) is 13.0 Å². The van der Waals surface area contributed by atoms with Gasteiger partial charge in [0, 0.05) is 43.9 Å². The average Bonchev–Trinajstić information content (AvgIpc) is 3.63. The fourth-order valence-corrected chi connectivity index (χ4v) is 7.87. The van der Waals surface area contributed by atoms with Gasteiger partial charge in [-0.3, -0.25) is 18.9 Å². The van der Waals surface area contributed by atoms with Crippen molar-refractivity contribution < 1.29 is 35.9 Å². The van der Waals surface area contributed by atoms with Gasteiger partial charge in [0.05, 0.1) is 39.8 Å². The Morgan fingerprint density at radius 2 is 1.79 bits per heavy atom. The second-order valence-electron chi connectivity index (χ2n) is 14.7. The van der Waals surface area contributed by atoms with Gasteiger partial charge in [-0.05, 0) is 62.1 Å². The first-order valence-electron chi connectivity index (χ1n) is 17.4. The van der Waals surface area contributed by atoms with Crippen LogP contribution in [0.3, 0.4) is 0 Å². The standard InChI is InChI=1S/C39H35ClF4N8O4S/c1-38(2,54)14-13-23-7-8-24(25-10-12-28(40)32-34(25)51(5)47-36(32)49-57(6,55)56)33(45-23)29(17-20-15-21(41)18-22(42)16-20)46-30(53)19-52-35-31(37(48-52)50(3)4)26-9-11-27(26)39(35,43)44/h7-8,10,12,15-16,18,26-27,29,54H,17,19H2,1-6H3,(H,46,53)(H,47,49)/t26-,27+,29-/m0/s1. The molecule has 5 aromatic rings. The lowest BCUT2D eigenvalue weighted by Crippen LogP contribution is -2.36. The molecular formula is C39H35ClF4N8O4S. The number of rotatable bonds is 10. The Kier molecular flexibility index (Phi) is 9.79. The highest BCUT2D eigenvalue weighted by Crippen LogP contribution is 2.57. The predicted molar refractivity (Wildman–Crippen MR) is 206 cm³/mol. The monoisotopic (exact) mass is 822 g/mol. The van der Waals surface area contributed by atoms with Crippen molar-refractivity contribution in [3.8, 4) is 34.8 Å². The van der Waals surface area contributed by atoms with Crippen LogP contribution in [0.1, 0.15) is 54.0 Å². The Morgan fingerprint density at radius 1 is 1.11 bits per heavy atom. The van der Waals surface area contributed by atoms with Gasteiger partial charge in [0.2, 0.25) is 15.9 Å². The summed E-state index contributed by atoms with van der Waals surface area (Å²) in [4.78, 5) is 20.5. The number of aliphatic hydroxyl groups is 1. The summed E-state index contributed by atoms with van der Waals surface area (Å²) in [7, 11) is 1.07. The van der Waals surface area contributed by atoms with Crippen LogP contribution in [0.15, 0.2) is 42.5 Å². The van der Waals surface area contributed by atoms with Gasteiger partial charge in [-0.1, -0.05) is 35.4 Å². The molecule has 3 N–H and O–H groups in total. The van der Waals surface area contributed by atoms with Crippen LogP contribution in [-0.2, 0) is 40.8 Å². The highest BCUT2D eigenvalue weighted by atomic mass is 35.5. The lowest BCUT2D eigenvalue weighted by atomic mass is 9.84. The van der Waals surface area contributed by atoms with E-state index in [9.17, 15) is 27.1 Å². The molecule has 0 saturated carbocycles. The molecule has 2 aromatic carbocycles. The summed E-state index contributed by atoms with van der Waals surface area (Å²) in [5.41, 5.74) is -0.101. The number of sulfonamides is 1. The smallest absolute Gasteiger partial charge is 0.304 e. The maximum absolute atomic E-state index is 15.8. The molecule has 3 heterocycles. The third kappa shape index (κ3) is 7.62. The average molecular weight is 823 g/mol. The third-order valence-electron chi connectivity index (χ3n) is 9.39. The second-order valence-corrected chi connectivity index (χ2v) is 16.9. The summed E-state index contributed by atoms with van der Waals surface area (Å²) >= 11 is 6.62. The fourth-order valence-electron chi connectivity index (χ4n) is 7.14. The Morgan fingerprint density at radius 3 is 2.40 bits per heavy atom. The van der Waals surface area contributed by atoms with Crippen LogP contribution in [-0.4, -0.2) is 69.9 Å². The number of nitrogens with zero attached hydrogens (tertiary/aromatic N) is 6. The molecule has 57 heavy (non-hydrogen) atoms. The summed E-state index contributed by atoms with van der Waals surface area (Å²) in [5.74, 6) is 3.12. The maximum Gasteiger partial charge on any atom is 0.304 e. The van der Waals surface area contributed by atoms with Crippen molar-refractivity contribution in [3.05, 3.63) is 87.3 Å². The maximum atomic E-state index is 15.8. The van der Waals surface area contributed by atoms with E-state index < -0.39 is 69.2 Å². The fraction of sp³-hybridized carbons (Fsp3) is 0.333. The number of benzene rings is 2. The Hall–Kier alpha value is -5.62. The molecule has 0 saturated heterocycles. The number of hydrogen-bond donors (Lipinski definition) is 3. The van der Waals surface area contributed by atoms with Gasteiger partial charge < -0.3 is 15.3 Å². The molecule has 0 spiro atoms. The Bertz CT molecular complexity index is 2720. The van der Waals surface area contributed by atoms with Gasteiger partial charge in [0.25, 0.3) is 0 Å². The van der Waals surface area contributed by atoms with Gasteiger partial charge in [-0.15, -0.1) is 0 Å². The largest absolute Gasteiger partial charge is 0.378 e. The van der Waals surface area contributed by atoms with Crippen LogP contribution < -0.4 is 14.9 Å². The molecule has 0 fully saturated rings.